The van der Waals surface area contributed by atoms with Gasteiger partial charge in [0.05, 0.1) is 13.1 Å². The molecule has 0 aliphatic carbocycles. The molecule has 1 amide bonds. The Morgan fingerprint density at radius 2 is 2.04 bits per heavy atom. The van der Waals surface area contributed by atoms with E-state index in [1.165, 1.54) is 0 Å². The first-order valence-electron chi connectivity index (χ1n) is 7.21. The zero-order chi connectivity index (χ0) is 16.7. The van der Waals surface area contributed by atoms with E-state index in [2.05, 4.69) is 26.5 Å². The normalized spacial score (nSPS) is 9.96. The Bertz CT molecular complexity index is 725. The van der Waals surface area contributed by atoms with Crippen molar-refractivity contribution in [3.8, 4) is 23.7 Å². The fraction of sp³-hybridized carbons (Fsp3) is 0.235. The molecule has 0 atom stereocenters. The van der Waals surface area contributed by atoms with Crippen LogP contribution in [0.15, 0.2) is 30.3 Å². The second-order valence-corrected chi connectivity index (χ2v) is 5.08. The van der Waals surface area contributed by atoms with Gasteiger partial charge in [0.15, 0.2) is 5.82 Å². The molecule has 0 radical (unpaired) electrons. The van der Waals surface area contributed by atoms with Crippen molar-refractivity contribution in [2.24, 2.45) is 0 Å². The lowest BCUT2D eigenvalue weighted by molar-refractivity contribution is -0.119. The number of aromatic nitrogens is 2. The van der Waals surface area contributed by atoms with Crippen LogP contribution < -0.4 is 10.6 Å². The van der Waals surface area contributed by atoms with Gasteiger partial charge in [-0.2, -0.15) is 0 Å². The molecule has 2 N–H and O–H groups in total. The first-order valence-corrected chi connectivity index (χ1v) is 7.59. The highest BCUT2D eigenvalue weighted by Gasteiger charge is 2.13. The van der Waals surface area contributed by atoms with Gasteiger partial charge in [0, 0.05) is 11.1 Å². The van der Waals surface area contributed by atoms with Crippen LogP contribution in [-0.4, -0.2) is 29.0 Å². The Hall–Kier alpha value is -2.58. The van der Waals surface area contributed by atoms with Gasteiger partial charge < -0.3 is 10.6 Å². The lowest BCUT2D eigenvalue weighted by atomic mass is 10.2. The number of amides is 1. The van der Waals surface area contributed by atoms with Crippen LogP contribution >= 0.6 is 11.6 Å². The van der Waals surface area contributed by atoms with E-state index in [4.69, 9.17) is 18.0 Å². The summed E-state index contributed by atoms with van der Waals surface area (Å²) in [5, 5.41) is 5.98. The number of carbonyl (C=O) groups excluding carboxylic acids is 1. The summed E-state index contributed by atoms with van der Waals surface area (Å²) in [4.78, 5) is 20.5. The number of benzene rings is 1. The van der Waals surface area contributed by atoms with Crippen molar-refractivity contribution in [2.45, 2.75) is 13.3 Å². The molecule has 1 aromatic heterocycles. The molecule has 0 saturated heterocycles. The predicted molar refractivity (Wildman–Crippen MR) is 92.2 cm³/mol. The molecular weight excluding hydrogens is 312 g/mol. The summed E-state index contributed by atoms with van der Waals surface area (Å²) in [6.07, 6.45) is 5.77. The number of hydrogen-bond acceptors (Lipinski definition) is 4. The van der Waals surface area contributed by atoms with Crippen molar-refractivity contribution in [3.63, 3.8) is 0 Å². The Kier molecular flexibility index (Phi) is 5.95. The van der Waals surface area contributed by atoms with Crippen molar-refractivity contribution >= 4 is 23.3 Å². The number of terminal acetylenes is 1. The monoisotopic (exact) mass is 328 g/mol. The maximum Gasteiger partial charge on any atom is 0.240 e. The molecule has 0 bridgehead atoms. The average Bonchev–Trinajstić information content (AvgIpc) is 2.58. The summed E-state index contributed by atoms with van der Waals surface area (Å²) >= 11 is 6.27. The zero-order valence-corrected chi connectivity index (χ0v) is 13.5. The standard InChI is InChI=1S/C17H17ClN4O/c1-3-10-19-14(23)11-20-17-13(4-2)15(18)21-16(22-17)12-8-6-5-7-9-12/h1,5-9H,4,10-11H2,2H3,(H,19,23)(H,20,21,22). The van der Waals surface area contributed by atoms with Crippen LogP contribution in [0.25, 0.3) is 11.4 Å². The van der Waals surface area contributed by atoms with Gasteiger partial charge in [-0.25, -0.2) is 9.97 Å². The maximum atomic E-state index is 11.7. The van der Waals surface area contributed by atoms with Crippen molar-refractivity contribution in [3.05, 3.63) is 41.0 Å². The van der Waals surface area contributed by atoms with E-state index in [0.717, 1.165) is 11.1 Å². The Labute approximate surface area is 140 Å². The number of nitrogens with one attached hydrogen (secondary N) is 2. The summed E-state index contributed by atoms with van der Waals surface area (Å²) in [5.74, 6) is 3.22. The fourth-order valence-electron chi connectivity index (χ4n) is 2.01. The highest BCUT2D eigenvalue weighted by atomic mass is 35.5. The van der Waals surface area contributed by atoms with Crippen LogP contribution in [0.1, 0.15) is 12.5 Å². The topological polar surface area (TPSA) is 66.9 Å². The van der Waals surface area contributed by atoms with Gasteiger partial charge in [0.2, 0.25) is 5.91 Å². The molecule has 0 aliphatic rings. The third-order valence-electron chi connectivity index (χ3n) is 3.15. The zero-order valence-electron chi connectivity index (χ0n) is 12.8. The van der Waals surface area contributed by atoms with Crippen molar-refractivity contribution in [2.75, 3.05) is 18.4 Å². The summed E-state index contributed by atoms with van der Waals surface area (Å²) in [5.41, 5.74) is 1.63. The molecule has 0 fully saturated rings. The van der Waals surface area contributed by atoms with Crippen LogP contribution in [0.4, 0.5) is 5.82 Å². The summed E-state index contributed by atoms with van der Waals surface area (Å²) in [6, 6.07) is 9.53. The van der Waals surface area contributed by atoms with Gasteiger partial charge in [-0.05, 0) is 6.42 Å². The van der Waals surface area contributed by atoms with Crippen LogP contribution in [0, 0.1) is 12.3 Å². The largest absolute Gasteiger partial charge is 0.361 e. The average molecular weight is 329 g/mol. The molecule has 2 aromatic rings. The predicted octanol–water partition coefficient (Wildman–Crippen LogP) is 2.52. The Morgan fingerprint density at radius 1 is 1.30 bits per heavy atom. The fourth-order valence-corrected chi connectivity index (χ4v) is 2.31. The van der Waals surface area contributed by atoms with E-state index in [0.29, 0.717) is 23.2 Å². The van der Waals surface area contributed by atoms with Gasteiger partial charge in [0.25, 0.3) is 0 Å². The number of anilines is 1. The summed E-state index contributed by atoms with van der Waals surface area (Å²) in [7, 11) is 0. The minimum Gasteiger partial charge on any atom is -0.361 e. The number of rotatable bonds is 6. The van der Waals surface area contributed by atoms with Gasteiger partial charge in [-0.1, -0.05) is 54.8 Å². The van der Waals surface area contributed by atoms with Crippen LogP contribution in [-0.2, 0) is 11.2 Å². The van der Waals surface area contributed by atoms with Gasteiger partial charge in [-0.15, -0.1) is 6.42 Å². The molecule has 1 aromatic carbocycles. The highest BCUT2D eigenvalue weighted by Crippen LogP contribution is 2.25. The molecule has 23 heavy (non-hydrogen) atoms. The van der Waals surface area contributed by atoms with Crippen molar-refractivity contribution in [1.29, 1.82) is 0 Å². The Balaban J connectivity index is 2.25. The molecule has 1 heterocycles. The second kappa shape index (κ2) is 8.16. The van der Waals surface area contributed by atoms with E-state index >= 15 is 0 Å². The second-order valence-electron chi connectivity index (χ2n) is 4.72. The van der Waals surface area contributed by atoms with Gasteiger partial charge >= 0.3 is 0 Å². The summed E-state index contributed by atoms with van der Waals surface area (Å²) in [6.45, 7) is 2.22. The molecule has 0 unspecified atom stereocenters. The van der Waals surface area contributed by atoms with Crippen molar-refractivity contribution in [1.82, 2.24) is 15.3 Å². The maximum absolute atomic E-state index is 11.7. The first-order chi connectivity index (χ1) is 11.2. The number of hydrogen-bond donors (Lipinski definition) is 2. The molecule has 0 aliphatic heterocycles. The van der Waals surface area contributed by atoms with Crippen LogP contribution in [0.3, 0.4) is 0 Å². The molecule has 2 rings (SSSR count). The van der Waals surface area contributed by atoms with E-state index < -0.39 is 0 Å². The minimum atomic E-state index is -0.207. The number of nitrogens with zero attached hydrogens (tertiary/aromatic N) is 2. The smallest absolute Gasteiger partial charge is 0.240 e. The molecule has 0 saturated carbocycles. The molecule has 6 heteroatoms. The van der Waals surface area contributed by atoms with Gasteiger partial charge in [0.1, 0.15) is 11.0 Å². The first kappa shape index (κ1) is 16.8. The molecular formula is C17H17ClN4O. The summed E-state index contributed by atoms with van der Waals surface area (Å²) < 4.78 is 0. The van der Waals surface area contributed by atoms with E-state index in [-0.39, 0.29) is 19.0 Å². The van der Waals surface area contributed by atoms with Gasteiger partial charge in [-0.3, -0.25) is 4.79 Å². The lowest BCUT2D eigenvalue weighted by Gasteiger charge is -2.12. The van der Waals surface area contributed by atoms with Crippen LogP contribution in [0.5, 0.6) is 0 Å². The SMILES string of the molecule is C#CCNC(=O)CNc1nc(-c2ccccc2)nc(Cl)c1CC. The van der Waals surface area contributed by atoms with Crippen LogP contribution in [0.2, 0.25) is 5.15 Å². The Morgan fingerprint density at radius 3 is 2.70 bits per heavy atom. The molecule has 5 nitrogen and oxygen atoms in total. The number of halogens is 1. The third-order valence-corrected chi connectivity index (χ3v) is 3.46. The third kappa shape index (κ3) is 4.44. The molecule has 118 valence electrons. The highest BCUT2D eigenvalue weighted by molar-refractivity contribution is 6.30. The minimum absolute atomic E-state index is 0.0657. The molecule has 0 spiro atoms. The van der Waals surface area contributed by atoms with E-state index in [1.807, 2.05) is 37.3 Å². The van der Waals surface area contributed by atoms with E-state index in [9.17, 15) is 4.79 Å². The number of carbonyl (C=O) groups is 1. The van der Waals surface area contributed by atoms with E-state index in [1.54, 1.807) is 0 Å². The quantitative estimate of drug-likeness (QED) is 0.631. The van der Waals surface area contributed by atoms with Crippen molar-refractivity contribution < 1.29 is 4.79 Å². The lowest BCUT2D eigenvalue weighted by Crippen LogP contribution is -2.30.